The lowest BCUT2D eigenvalue weighted by Gasteiger charge is -2.17. The Hall–Kier alpha value is -3.87. The smallest absolute Gasteiger partial charge is 0.251 e. The first kappa shape index (κ1) is 20.1. The first-order valence-electron chi connectivity index (χ1n) is 10.5. The molecule has 166 valence electrons. The molecule has 5 rings (SSSR count). The molecule has 1 aliphatic heterocycles. The number of ether oxygens (including phenoxy) is 2. The van der Waals surface area contributed by atoms with E-state index in [2.05, 4.69) is 15.6 Å². The fourth-order valence-electron chi connectivity index (χ4n) is 4.11. The van der Waals surface area contributed by atoms with Gasteiger partial charge >= 0.3 is 0 Å². The first-order valence-corrected chi connectivity index (χ1v) is 10.5. The van der Waals surface area contributed by atoms with E-state index in [4.69, 9.17) is 9.47 Å². The molecular weight excluding hydrogens is 406 g/mol. The molecule has 0 saturated heterocycles. The first-order chi connectivity index (χ1) is 15.5. The standard InChI is InChI=1S/C25H23N3O4.2H2/c1-15-19(16-4-3-5-17(12-16)23(29)26-2)7-9-22(27-15)28-24(30)25(10-11-25)18-6-8-20-21(13-18)32-14-31-20;;/h3-9,12-13H,10-11,14H2,1-2H3,(H,26,29)(H,27,28,30);2*1H. The third-order valence-corrected chi connectivity index (χ3v) is 6.10. The summed E-state index contributed by atoms with van der Waals surface area (Å²) >= 11 is 0. The molecule has 1 saturated carbocycles. The zero-order chi connectivity index (χ0) is 22.3. The lowest BCUT2D eigenvalue weighted by molar-refractivity contribution is -0.118. The Bertz CT molecular complexity index is 1240. The highest BCUT2D eigenvalue weighted by Gasteiger charge is 2.51. The number of aromatic nitrogens is 1. The predicted molar refractivity (Wildman–Crippen MR) is 124 cm³/mol. The number of hydrogen-bond donors (Lipinski definition) is 2. The SMILES string of the molecule is CNC(=O)c1cccc(-c2ccc(NC(=O)C3(c4ccc5c(c4)OCO5)CC3)nc2C)c1.[HH].[HH]. The summed E-state index contributed by atoms with van der Waals surface area (Å²) in [4.78, 5) is 29.7. The van der Waals surface area contributed by atoms with Gasteiger partial charge in [-0.3, -0.25) is 9.59 Å². The van der Waals surface area contributed by atoms with Gasteiger partial charge in [0, 0.05) is 26.7 Å². The molecule has 0 spiro atoms. The Morgan fingerprint density at radius 2 is 1.84 bits per heavy atom. The molecule has 2 N–H and O–H groups in total. The minimum Gasteiger partial charge on any atom is -0.454 e. The van der Waals surface area contributed by atoms with Gasteiger partial charge in [-0.2, -0.15) is 0 Å². The Balaban J connectivity index is 0.00000162. The Morgan fingerprint density at radius 3 is 2.59 bits per heavy atom. The molecule has 2 amide bonds. The zero-order valence-electron chi connectivity index (χ0n) is 17.9. The Morgan fingerprint density at radius 1 is 1.03 bits per heavy atom. The van der Waals surface area contributed by atoms with Crippen LogP contribution in [0.1, 0.15) is 37.3 Å². The summed E-state index contributed by atoms with van der Waals surface area (Å²) in [6.45, 7) is 2.10. The molecule has 0 bridgehead atoms. The number of benzene rings is 2. The number of carbonyl (C=O) groups excluding carboxylic acids is 2. The quantitative estimate of drug-likeness (QED) is 0.626. The fraction of sp³-hybridized carbons (Fsp3) is 0.240. The molecule has 32 heavy (non-hydrogen) atoms. The van der Waals surface area contributed by atoms with Gasteiger partial charge in [-0.15, -0.1) is 0 Å². The van der Waals surface area contributed by atoms with E-state index in [1.54, 1.807) is 19.2 Å². The number of carbonyl (C=O) groups is 2. The van der Waals surface area contributed by atoms with E-state index in [0.717, 1.165) is 35.2 Å². The van der Waals surface area contributed by atoms with Gasteiger partial charge < -0.3 is 20.1 Å². The lowest BCUT2D eigenvalue weighted by Crippen LogP contribution is -2.28. The minimum absolute atomic E-state index is 0. The molecule has 1 aliphatic carbocycles. The maximum atomic E-state index is 13.1. The van der Waals surface area contributed by atoms with Gasteiger partial charge in [0.1, 0.15) is 5.82 Å². The molecular formula is C25H27N3O4. The van der Waals surface area contributed by atoms with Crippen LogP contribution in [0.5, 0.6) is 11.5 Å². The van der Waals surface area contributed by atoms with Crippen LogP contribution in [0.25, 0.3) is 11.1 Å². The summed E-state index contributed by atoms with van der Waals surface area (Å²) in [7, 11) is 1.61. The molecule has 7 nitrogen and oxygen atoms in total. The second kappa shape index (κ2) is 7.67. The van der Waals surface area contributed by atoms with Crippen molar-refractivity contribution in [3.05, 3.63) is 71.4 Å². The van der Waals surface area contributed by atoms with Gasteiger partial charge in [-0.05, 0) is 67.3 Å². The van der Waals surface area contributed by atoms with E-state index in [1.807, 2.05) is 49.4 Å². The third-order valence-electron chi connectivity index (χ3n) is 6.10. The molecule has 2 heterocycles. The molecule has 0 atom stereocenters. The van der Waals surface area contributed by atoms with Crippen LogP contribution in [0.2, 0.25) is 0 Å². The van der Waals surface area contributed by atoms with Gasteiger partial charge in [-0.25, -0.2) is 4.98 Å². The lowest BCUT2D eigenvalue weighted by atomic mass is 9.94. The second-order valence-corrected chi connectivity index (χ2v) is 8.09. The highest BCUT2D eigenvalue weighted by atomic mass is 16.7. The molecule has 1 aromatic heterocycles. The van der Waals surface area contributed by atoms with Crippen LogP contribution in [0.4, 0.5) is 5.82 Å². The second-order valence-electron chi connectivity index (χ2n) is 8.09. The minimum atomic E-state index is -0.558. The van der Waals surface area contributed by atoms with Gasteiger partial charge in [0.05, 0.1) is 5.41 Å². The molecule has 3 aromatic rings. The Kier molecular flexibility index (Phi) is 4.81. The van der Waals surface area contributed by atoms with Crippen molar-refractivity contribution in [1.82, 2.24) is 10.3 Å². The van der Waals surface area contributed by atoms with Crippen molar-refractivity contribution in [2.75, 3.05) is 19.2 Å². The zero-order valence-corrected chi connectivity index (χ0v) is 17.9. The molecule has 2 aromatic carbocycles. The van der Waals surface area contributed by atoms with Crippen molar-refractivity contribution in [3.63, 3.8) is 0 Å². The average molecular weight is 434 g/mol. The van der Waals surface area contributed by atoms with E-state index in [1.165, 1.54) is 0 Å². The van der Waals surface area contributed by atoms with Crippen LogP contribution in [-0.2, 0) is 10.2 Å². The number of anilines is 1. The highest BCUT2D eigenvalue weighted by Crippen LogP contribution is 2.51. The highest BCUT2D eigenvalue weighted by molar-refractivity contribution is 6.01. The monoisotopic (exact) mass is 433 g/mol. The van der Waals surface area contributed by atoms with Crippen LogP contribution in [0.15, 0.2) is 54.6 Å². The average Bonchev–Trinajstić information content (AvgIpc) is 3.49. The van der Waals surface area contributed by atoms with E-state index in [-0.39, 0.29) is 21.5 Å². The normalized spacial score (nSPS) is 15.2. The number of nitrogens with zero attached hydrogens (tertiary/aromatic N) is 1. The molecule has 0 unspecified atom stereocenters. The number of pyridine rings is 1. The van der Waals surface area contributed by atoms with Crippen LogP contribution >= 0.6 is 0 Å². The fourth-order valence-corrected chi connectivity index (χ4v) is 4.11. The molecule has 7 heteroatoms. The van der Waals surface area contributed by atoms with Gasteiger partial charge in [0.2, 0.25) is 12.7 Å². The van der Waals surface area contributed by atoms with Gasteiger partial charge in [0.15, 0.2) is 11.5 Å². The van der Waals surface area contributed by atoms with Gasteiger partial charge in [-0.1, -0.05) is 18.2 Å². The summed E-state index contributed by atoms with van der Waals surface area (Å²) in [6.07, 6.45) is 1.56. The van der Waals surface area contributed by atoms with Crippen molar-refractivity contribution in [2.45, 2.75) is 25.2 Å². The van der Waals surface area contributed by atoms with Crippen LogP contribution in [0, 0.1) is 6.92 Å². The van der Waals surface area contributed by atoms with Crippen LogP contribution in [-0.4, -0.2) is 30.6 Å². The Labute approximate surface area is 188 Å². The van der Waals surface area contributed by atoms with E-state index < -0.39 is 5.41 Å². The van der Waals surface area contributed by atoms with Crippen LogP contribution in [0.3, 0.4) is 0 Å². The van der Waals surface area contributed by atoms with Crippen molar-refractivity contribution in [2.24, 2.45) is 0 Å². The van der Waals surface area contributed by atoms with E-state index >= 15 is 0 Å². The maximum absolute atomic E-state index is 13.1. The van der Waals surface area contributed by atoms with E-state index in [9.17, 15) is 9.59 Å². The number of amides is 2. The largest absolute Gasteiger partial charge is 0.454 e. The van der Waals surface area contributed by atoms with Crippen molar-refractivity contribution in [3.8, 4) is 22.6 Å². The number of fused-ring (bicyclic) bond motifs is 1. The molecule has 0 radical (unpaired) electrons. The summed E-state index contributed by atoms with van der Waals surface area (Å²) in [5.74, 6) is 1.68. The molecule has 1 fully saturated rings. The summed E-state index contributed by atoms with van der Waals surface area (Å²) in [5.41, 5.74) is 3.53. The number of hydrogen-bond acceptors (Lipinski definition) is 5. The number of rotatable bonds is 5. The summed E-state index contributed by atoms with van der Waals surface area (Å²) in [5, 5.41) is 5.62. The number of aryl methyl sites for hydroxylation is 1. The van der Waals surface area contributed by atoms with Crippen molar-refractivity contribution < 1.29 is 21.9 Å². The molecule has 2 aliphatic rings. The van der Waals surface area contributed by atoms with E-state index in [0.29, 0.717) is 22.9 Å². The maximum Gasteiger partial charge on any atom is 0.251 e. The predicted octanol–water partition coefficient (Wildman–Crippen LogP) is 4.31. The van der Waals surface area contributed by atoms with Crippen molar-refractivity contribution in [1.29, 1.82) is 0 Å². The summed E-state index contributed by atoms with van der Waals surface area (Å²) in [6, 6.07) is 16.8. The summed E-state index contributed by atoms with van der Waals surface area (Å²) < 4.78 is 10.8. The number of nitrogens with one attached hydrogen (secondary N) is 2. The van der Waals surface area contributed by atoms with Crippen molar-refractivity contribution >= 4 is 17.6 Å². The topological polar surface area (TPSA) is 89.6 Å². The van der Waals surface area contributed by atoms with Gasteiger partial charge in [0.25, 0.3) is 5.91 Å². The van der Waals surface area contributed by atoms with Crippen LogP contribution < -0.4 is 20.1 Å². The third kappa shape index (κ3) is 3.45.